The monoisotopic (exact) mass is 352 g/mol. The van der Waals surface area contributed by atoms with Gasteiger partial charge in [0.25, 0.3) is 0 Å². The summed E-state index contributed by atoms with van der Waals surface area (Å²) in [4.78, 5) is 26.4. The zero-order valence-electron chi connectivity index (χ0n) is 14.3. The van der Waals surface area contributed by atoms with Crippen LogP contribution in [0.4, 0.5) is 5.69 Å². The van der Waals surface area contributed by atoms with Gasteiger partial charge in [-0.15, -0.1) is 0 Å². The summed E-state index contributed by atoms with van der Waals surface area (Å²) in [6, 6.07) is 16.9. The molecule has 2 unspecified atom stereocenters. The maximum absolute atomic E-state index is 12.5. The number of rotatable bonds is 4. The molecule has 1 saturated heterocycles. The van der Waals surface area contributed by atoms with Crippen LogP contribution in [0.1, 0.15) is 6.42 Å². The lowest BCUT2D eigenvalue weighted by molar-refractivity contribution is -0.126. The topological polar surface area (TPSA) is 67.9 Å². The molecule has 2 aliphatic rings. The van der Waals surface area contributed by atoms with E-state index in [9.17, 15) is 9.59 Å². The molecule has 1 fully saturated rings. The van der Waals surface area contributed by atoms with Gasteiger partial charge in [-0.25, -0.2) is 0 Å². The normalized spacial score (nSPS) is 21.5. The Balaban J connectivity index is 1.31. The fourth-order valence-corrected chi connectivity index (χ4v) is 3.26. The second-order valence-corrected chi connectivity index (χ2v) is 6.48. The Morgan fingerprint density at radius 1 is 1.08 bits per heavy atom. The minimum absolute atomic E-state index is 0.0254. The zero-order chi connectivity index (χ0) is 17.9. The number of nitrogens with one attached hydrogen (secondary N) is 1. The highest BCUT2D eigenvalue weighted by Crippen LogP contribution is 2.30. The van der Waals surface area contributed by atoms with Crippen LogP contribution in [0.5, 0.6) is 11.5 Å². The maximum Gasteiger partial charge on any atom is 0.227 e. The van der Waals surface area contributed by atoms with Gasteiger partial charge in [0, 0.05) is 18.7 Å². The number of hydrogen-bond donors (Lipinski definition) is 1. The van der Waals surface area contributed by atoms with Crippen molar-refractivity contribution >= 4 is 17.5 Å². The summed E-state index contributed by atoms with van der Waals surface area (Å²) >= 11 is 0. The highest BCUT2D eigenvalue weighted by Gasteiger charge is 2.35. The van der Waals surface area contributed by atoms with Crippen LogP contribution in [0.15, 0.2) is 54.6 Å². The van der Waals surface area contributed by atoms with E-state index in [1.165, 1.54) is 0 Å². The Morgan fingerprint density at radius 3 is 2.62 bits per heavy atom. The minimum Gasteiger partial charge on any atom is -0.486 e. The van der Waals surface area contributed by atoms with Crippen LogP contribution in [0.2, 0.25) is 0 Å². The van der Waals surface area contributed by atoms with Crippen LogP contribution in [0, 0.1) is 5.92 Å². The lowest BCUT2D eigenvalue weighted by Gasteiger charge is -2.26. The van der Waals surface area contributed by atoms with Crippen molar-refractivity contribution in [2.24, 2.45) is 5.92 Å². The van der Waals surface area contributed by atoms with E-state index in [-0.39, 0.29) is 30.3 Å². The van der Waals surface area contributed by atoms with Crippen molar-refractivity contribution in [3.05, 3.63) is 54.6 Å². The van der Waals surface area contributed by atoms with Gasteiger partial charge in [-0.2, -0.15) is 0 Å². The number of ether oxygens (including phenoxy) is 2. The molecule has 6 nitrogen and oxygen atoms in total. The Kier molecular flexibility index (Phi) is 4.48. The smallest absolute Gasteiger partial charge is 0.227 e. The molecule has 0 aromatic heterocycles. The van der Waals surface area contributed by atoms with Crippen LogP contribution < -0.4 is 19.7 Å². The number of amides is 2. The van der Waals surface area contributed by atoms with Gasteiger partial charge in [0.1, 0.15) is 12.7 Å². The van der Waals surface area contributed by atoms with Crippen molar-refractivity contribution in [1.29, 1.82) is 0 Å². The zero-order valence-corrected chi connectivity index (χ0v) is 14.3. The molecule has 0 radical (unpaired) electrons. The third-order valence-corrected chi connectivity index (χ3v) is 4.64. The van der Waals surface area contributed by atoms with Crippen molar-refractivity contribution in [2.45, 2.75) is 12.5 Å². The second kappa shape index (κ2) is 7.07. The van der Waals surface area contributed by atoms with Gasteiger partial charge in [-0.1, -0.05) is 30.3 Å². The van der Waals surface area contributed by atoms with Gasteiger partial charge in [0.2, 0.25) is 11.8 Å². The van der Waals surface area contributed by atoms with Crippen molar-refractivity contribution in [3.63, 3.8) is 0 Å². The van der Waals surface area contributed by atoms with Crippen LogP contribution in [0.3, 0.4) is 0 Å². The molecule has 2 aliphatic heterocycles. The first-order chi connectivity index (χ1) is 12.7. The van der Waals surface area contributed by atoms with Gasteiger partial charge in [0.05, 0.1) is 12.5 Å². The predicted molar refractivity (Wildman–Crippen MR) is 96.3 cm³/mol. The predicted octanol–water partition coefficient (Wildman–Crippen LogP) is 2.00. The first-order valence-corrected chi connectivity index (χ1v) is 8.72. The number of fused-ring (bicyclic) bond motifs is 1. The molecule has 0 spiro atoms. The van der Waals surface area contributed by atoms with E-state index in [1.807, 2.05) is 54.6 Å². The van der Waals surface area contributed by atoms with Gasteiger partial charge in [-0.05, 0) is 24.3 Å². The molecule has 2 heterocycles. The van der Waals surface area contributed by atoms with E-state index in [0.717, 1.165) is 11.4 Å². The van der Waals surface area contributed by atoms with E-state index >= 15 is 0 Å². The summed E-state index contributed by atoms with van der Waals surface area (Å²) < 4.78 is 11.5. The molecule has 2 aromatic rings. The summed E-state index contributed by atoms with van der Waals surface area (Å²) in [6.07, 6.45) is -0.0119. The number of carbonyl (C=O) groups is 2. The number of benzene rings is 2. The molecule has 4 rings (SSSR count). The largest absolute Gasteiger partial charge is 0.486 e. The molecule has 134 valence electrons. The van der Waals surface area contributed by atoms with Crippen molar-refractivity contribution < 1.29 is 19.1 Å². The van der Waals surface area contributed by atoms with Crippen LogP contribution >= 0.6 is 0 Å². The average Bonchev–Trinajstić information content (AvgIpc) is 3.08. The molecule has 1 N–H and O–H groups in total. The summed E-state index contributed by atoms with van der Waals surface area (Å²) in [5.41, 5.74) is 0.827. The Hall–Kier alpha value is -3.02. The molecule has 2 amide bonds. The standard InChI is InChI=1S/C20H20N2O4/c23-19-10-14(12-22(19)15-6-2-1-3-7-15)20(24)21-11-16-13-25-17-8-4-5-9-18(17)26-16/h1-9,14,16H,10-13H2,(H,21,24). The highest BCUT2D eigenvalue weighted by molar-refractivity contribution is 6.00. The van der Waals surface area contributed by atoms with Gasteiger partial charge < -0.3 is 19.7 Å². The SMILES string of the molecule is O=C(NCC1COc2ccccc2O1)C1CC(=O)N(c2ccccc2)C1. The molecule has 26 heavy (non-hydrogen) atoms. The Bertz CT molecular complexity index is 808. The molecule has 2 aromatic carbocycles. The Labute approximate surface area is 151 Å². The van der Waals surface area contributed by atoms with Gasteiger partial charge >= 0.3 is 0 Å². The van der Waals surface area contributed by atoms with E-state index in [1.54, 1.807) is 4.90 Å². The molecular weight excluding hydrogens is 332 g/mol. The maximum atomic E-state index is 12.5. The average molecular weight is 352 g/mol. The summed E-state index contributed by atoms with van der Waals surface area (Å²) in [5.74, 6) is 0.903. The van der Waals surface area contributed by atoms with E-state index < -0.39 is 0 Å². The van der Waals surface area contributed by atoms with Gasteiger partial charge in [-0.3, -0.25) is 9.59 Å². The Morgan fingerprint density at radius 2 is 1.81 bits per heavy atom. The third-order valence-electron chi connectivity index (χ3n) is 4.64. The van der Waals surface area contributed by atoms with Crippen molar-refractivity contribution in [3.8, 4) is 11.5 Å². The first kappa shape index (κ1) is 16.4. The number of anilines is 1. The first-order valence-electron chi connectivity index (χ1n) is 8.72. The highest BCUT2D eigenvalue weighted by atomic mass is 16.6. The molecule has 0 bridgehead atoms. The fourth-order valence-electron chi connectivity index (χ4n) is 3.26. The lowest BCUT2D eigenvalue weighted by atomic mass is 10.1. The molecular formula is C20H20N2O4. The fraction of sp³-hybridized carbons (Fsp3) is 0.300. The second-order valence-electron chi connectivity index (χ2n) is 6.48. The lowest BCUT2D eigenvalue weighted by Crippen LogP contribution is -2.43. The van der Waals surface area contributed by atoms with Crippen LogP contribution in [0.25, 0.3) is 0 Å². The van der Waals surface area contributed by atoms with E-state index in [0.29, 0.717) is 25.4 Å². The van der Waals surface area contributed by atoms with Crippen molar-refractivity contribution in [1.82, 2.24) is 5.32 Å². The van der Waals surface area contributed by atoms with Crippen LogP contribution in [-0.4, -0.2) is 37.6 Å². The molecule has 0 saturated carbocycles. The van der Waals surface area contributed by atoms with E-state index in [2.05, 4.69) is 5.32 Å². The van der Waals surface area contributed by atoms with Gasteiger partial charge in [0.15, 0.2) is 11.5 Å². The van der Waals surface area contributed by atoms with Crippen LogP contribution in [-0.2, 0) is 9.59 Å². The van der Waals surface area contributed by atoms with E-state index in [4.69, 9.17) is 9.47 Å². The number of hydrogen-bond acceptors (Lipinski definition) is 4. The number of carbonyl (C=O) groups excluding carboxylic acids is 2. The number of nitrogens with zero attached hydrogens (tertiary/aromatic N) is 1. The molecule has 6 heteroatoms. The molecule has 0 aliphatic carbocycles. The third kappa shape index (κ3) is 3.35. The quantitative estimate of drug-likeness (QED) is 0.914. The molecule has 2 atom stereocenters. The van der Waals surface area contributed by atoms with Crippen molar-refractivity contribution in [2.75, 3.05) is 24.6 Å². The summed E-state index contributed by atoms with van der Waals surface area (Å²) in [5, 5.41) is 2.89. The number of para-hydroxylation sites is 3. The summed E-state index contributed by atoms with van der Waals surface area (Å²) in [7, 11) is 0. The summed E-state index contributed by atoms with van der Waals surface area (Å²) in [6.45, 7) is 1.14. The minimum atomic E-state index is -0.348.